The van der Waals surface area contributed by atoms with Gasteiger partial charge in [-0.25, -0.2) is 9.97 Å². The van der Waals surface area contributed by atoms with Gasteiger partial charge in [-0.3, -0.25) is 9.89 Å². The third-order valence-corrected chi connectivity index (χ3v) is 5.47. The van der Waals surface area contributed by atoms with E-state index in [0.29, 0.717) is 11.1 Å². The summed E-state index contributed by atoms with van der Waals surface area (Å²) in [6, 6.07) is 7.39. The summed E-state index contributed by atoms with van der Waals surface area (Å²) in [5, 5.41) is 19.2. The smallest absolute Gasteiger partial charge is 0.422 e. The Morgan fingerprint density at radius 1 is 1.15 bits per heavy atom. The lowest BCUT2D eigenvalue weighted by molar-refractivity contribution is -0.267. The number of aromatic amines is 1. The van der Waals surface area contributed by atoms with E-state index in [1.54, 1.807) is 37.5 Å². The molecule has 2 aromatic heterocycles. The number of H-pyrrole nitrogens is 1. The van der Waals surface area contributed by atoms with E-state index >= 15 is 0 Å². The van der Waals surface area contributed by atoms with Crippen LogP contribution in [0.2, 0.25) is 0 Å². The second-order valence-electron chi connectivity index (χ2n) is 8.21. The Bertz CT molecular complexity index is 1180. The van der Waals surface area contributed by atoms with Gasteiger partial charge in [0, 0.05) is 23.9 Å². The normalized spacial score (nSPS) is 19.2. The van der Waals surface area contributed by atoms with Gasteiger partial charge in [-0.1, -0.05) is 31.2 Å². The Morgan fingerprint density at radius 3 is 2.48 bits per heavy atom. The molecule has 3 aromatic rings. The maximum absolute atomic E-state index is 13.8. The summed E-state index contributed by atoms with van der Waals surface area (Å²) in [4.78, 5) is 20.1. The zero-order valence-electron chi connectivity index (χ0n) is 18.1. The number of alkyl halides is 3. The van der Waals surface area contributed by atoms with Crippen LogP contribution in [0.1, 0.15) is 49.9 Å². The van der Waals surface area contributed by atoms with Crippen LogP contribution in [0.5, 0.6) is 6.01 Å². The minimum atomic E-state index is -5.06. The monoisotopic (exact) mass is 461 g/mol. The first-order valence-corrected chi connectivity index (χ1v) is 10.3. The van der Waals surface area contributed by atoms with Gasteiger partial charge < -0.3 is 15.2 Å². The van der Waals surface area contributed by atoms with Crippen LogP contribution in [0.4, 0.5) is 19.0 Å². The maximum atomic E-state index is 13.8. The number of hydrogen-bond donors (Lipinski definition) is 3. The van der Waals surface area contributed by atoms with Gasteiger partial charge in [-0.2, -0.15) is 18.3 Å². The van der Waals surface area contributed by atoms with Crippen molar-refractivity contribution >= 4 is 11.7 Å². The predicted octanol–water partition coefficient (Wildman–Crippen LogP) is 3.90. The van der Waals surface area contributed by atoms with Crippen molar-refractivity contribution in [2.24, 2.45) is 0 Å². The zero-order valence-corrected chi connectivity index (χ0v) is 18.1. The number of amides is 1. The molecule has 1 aliphatic heterocycles. The van der Waals surface area contributed by atoms with Gasteiger partial charge in [-0.15, -0.1) is 0 Å². The lowest BCUT2D eigenvalue weighted by Gasteiger charge is -2.34. The number of halogens is 3. The van der Waals surface area contributed by atoms with E-state index in [0.717, 1.165) is 5.56 Å². The highest BCUT2D eigenvalue weighted by atomic mass is 19.4. The van der Waals surface area contributed by atoms with Gasteiger partial charge in [0.05, 0.1) is 23.8 Å². The van der Waals surface area contributed by atoms with E-state index in [2.05, 4.69) is 25.5 Å². The van der Waals surface area contributed by atoms with Crippen molar-refractivity contribution in [3.05, 3.63) is 53.5 Å². The molecule has 33 heavy (non-hydrogen) atoms. The number of anilines is 1. The number of ether oxygens (including phenoxy) is 1. The van der Waals surface area contributed by atoms with Crippen LogP contribution in [-0.2, 0) is 10.4 Å². The van der Waals surface area contributed by atoms with Crippen LogP contribution >= 0.6 is 0 Å². The standard InChI is InChI=1S/C22H22F3N5O3/c1-11(2)33-20-26-9-15(10-27-20)14-6-4-5-13(7-14)12(3)18-17-19(30-29-18)28-16(31)8-21(17,32)22(23,24)25/h4-7,9-12,32H,8H2,1-3H3,(H2,28,29,30,31). The fourth-order valence-corrected chi connectivity index (χ4v) is 3.81. The van der Waals surface area contributed by atoms with Crippen molar-refractivity contribution in [1.29, 1.82) is 0 Å². The number of rotatable bonds is 5. The van der Waals surface area contributed by atoms with Gasteiger partial charge in [0.15, 0.2) is 11.4 Å². The van der Waals surface area contributed by atoms with Crippen LogP contribution < -0.4 is 10.1 Å². The van der Waals surface area contributed by atoms with E-state index in [1.165, 1.54) is 0 Å². The summed E-state index contributed by atoms with van der Waals surface area (Å²) in [7, 11) is 0. The van der Waals surface area contributed by atoms with Gasteiger partial charge >= 0.3 is 12.2 Å². The second kappa shape index (κ2) is 8.14. The summed E-state index contributed by atoms with van der Waals surface area (Å²) < 4.78 is 46.9. The molecule has 0 saturated heterocycles. The van der Waals surface area contributed by atoms with Crippen molar-refractivity contribution in [2.45, 2.75) is 51.0 Å². The van der Waals surface area contributed by atoms with Crippen LogP contribution in [0, 0.1) is 0 Å². The highest BCUT2D eigenvalue weighted by Crippen LogP contribution is 2.49. The average Bonchev–Trinajstić information content (AvgIpc) is 3.17. The number of nitrogens with one attached hydrogen (secondary N) is 2. The second-order valence-corrected chi connectivity index (χ2v) is 8.21. The molecule has 0 bridgehead atoms. The molecular weight excluding hydrogens is 439 g/mol. The fourth-order valence-electron chi connectivity index (χ4n) is 3.81. The Balaban J connectivity index is 1.70. The topological polar surface area (TPSA) is 113 Å². The van der Waals surface area contributed by atoms with E-state index in [9.17, 15) is 23.1 Å². The number of fused-ring (bicyclic) bond motifs is 1. The maximum Gasteiger partial charge on any atom is 0.422 e. The minimum absolute atomic E-state index is 0.0684. The number of hydrogen-bond acceptors (Lipinski definition) is 6. The molecule has 174 valence electrons. The molecule has 0 fully saturated rings. The van der Waals surface area contributed by atoms with E-state index in [4.69, 9.17) is 4.74 Å². The Kier molecular flexibility index (Phi) is 5.61. The molecule has 1 aromatic carbocycles. The molecule has 0 radical (unpaired) electrons. The molecule has 1 aliphatic rings. The number of nitrogens with zero attached hydrogens (tertiary/aromatic N) is 3. The number of aromatic nitrogens is 4. The third-order valence-electron chi connectivity index (χ3n) is 5.47. The molecule has 11 heteroatoms. The highest BCUT2D eigenvalue weighted by Gasteiger charge is 2.60. The largest absolute Gasteiger partial charge is 0.461 e. The molecule has 3 N–H and O–H groups in total. The van der Waals surface area contributed by atoms with Crippen LogP contribution in [-0.4, -0.2) is 43.5 Å². The van der Waals surface area contributed by atoms with Crippen LogP contribution in [0.25, 0.3) is 11.1 Å². The molecule has 2 atom stereocenters. The van der Waals surface area contributed by atoms with E-state index in [-0.39, 0.29) is 23.6 Å². The Hall–Kier alpha value is -3.47. The van der Waals surface area contributed by atoms with Gasteiger partial charge in [0.2, 0.25) is 5.91 Å². The summed E-state index contributed by atoms with van der Waals surface area (Å²) >= 11 is 0. The minimum Gasteiger partial charge on any atom is -0.461 e. The van der Waals surface area contributed by atoms with E-state index < -0.39 is 35.6 Å². The third kappa shape index (κ3) is 4.15. The van der Waals surface area contributed by atoms with Crippen molar-refractivity contribution in [3.63, 3.8) is 0 Å². The first-order chi connectivity index (χ1) is 15.5. The summed E-state index contributed by atoms with van der Waals surface area (Å²) in [5.41, 5.74) is -1.61. The molecule has 0 saturated carbocycles. The molecule has 0 spiro atoms. The van der Waals surface area contributed by atoms with E-state index in [1.807, 2.05) is 19.9 Å². The number of carbonyl (C=O) groups excluding carboxylic acids is 1. The molecular formula is C22H22F3N5O3. The quantitative estimate of drug-likeness (QED) is 0.531. The van der Waals surface area contributed by atoms with Gasteiger partial charge in [0.1, 0.15) is 0 Å². The van der Waals surface area contributed by atoms with Crippen molar-refractivity contribution in [2.75, 3.05) is 5.32 Å². The number of carbonyl (C=O) groups is 1. The van der Waals surface area contributed by atoms with Crippen LogP contribution in [0.3, 0.4) is 0 Å². The Labute approximate surface area is 187 Å². The summed E-state index contributed by atoms with van der Waals surface area (Å²) in [6.45, 7) is 5.42. The number of benzene rings is 1. The Morgan fingerprint density at radius 2 is 1.85 bits per heavy atom. The molecule has 8 nitrogen and oxygen atoms in total. The fraction of sp³-hybridized carbons (Fsp3) is 0.364. The van der Waals surface area contributed by atoms with Gasteiger partial charge in [-0.05, 0) is 25.0 Å². The van der Waals surface area contributed by atoms with Crippen LogP contribution in [0.15, 0.2) is 36.7 Å². The number of aliphatic hydroxyl groups is 1. The van der Waals surface area contributed by atoms with Crippen molar-refractivity contribution in [3.8, 4) is 17.1 Å². The predicted molar refractivity (Wildman–Crippen MR) is 113 cm³/mol. The molecule has 0 aliphatic carbocycles. The average molecular weight is 461 g/mol. The first kappa shape index (κ1) is 22.7. The lowest BCUT2D eigenvalue weighted by Crippen LogP contribution is -2.48. The van der Waals surface area contributed by atoms with Crippen molar-refractivity contribution < 1.29 is 27.8 Å². The zero-order chi connectivity index (χ0) is 24.0. The summed E-state index contributed by atoms with van der Waals surface area (Å²) in [5.74, 6) is -1.88. The highest BCUT2D eigenvalue weighted by molar-refractivity contribution is 5.94. The SMILES string of the molecule is CC(C)Oc1ncc(-c2cccc(C(C)c3[nH]nc4c3C(O)(C(F)(F)F)CC(=O)N4)c2)cn1. The van der Waals surface area contributed by atoms with Crippen molar-refractivity contribution in [1.82, 2.24) is 20.2 Å². The molecule has 4 rings (SSSR count). The lowest BCUT2D eigenvalue weighted by atomic mass is 9.82. The first-order valence-electron chi connectivity index (χ1n) is 10.3. The molecule has 1 amide bonds. The summed E-state index contributed by atoms with van der Waals surface area (Å²) in [6.07, 6.45) is -3.06. The molecule has 3 heterocycles. The molecule has 2 unspecified atom stereocenters. The van der Waals surface area contributed by atoms with Gasteiger partial charge in [0.25, 0.3) is 0 Å².